The van der Waals surface area contributed by atoms with Gasteiger partial charge in [-0.05, 0) is 6.07 Å². The first-order chi connectivity index (χ1) is 5.77. The van der Waals surface area contributed by atoms with Crippen LogP contribution in [0.1, 0.15) is 5.69 Å². The van der Waals surface area contributed by atoms with Gasteiger partial charge in [0.25, 0.3) is 5.56 Å². The number of nitrogens with zero attached hydrogens (tertiary/aromatic N) is 2. The molecule has 0 amide bonds. The van der Waals surface area contributed by atoms with Gasteiger partial charge in [-0.2, -0.15) is 0 Å². The van der Waals surface area contributed by atoms with Crippen LogP contribution in [0.25, 0.3) is 0 Å². The van der Waals surface area contributed by atoms with Crippen LogP contribution in [0.4, 0.5) is 0 Å². The quantitative estimate of drug-likeness (QED) is 0.529. The van der Waals surface area contributed by atoms with E-state index in [9.17, 15) is 4.79 Å². The normalized spacial score (nSPS) is 17.4. The summed E-state index contributed by atoms with van der Waals surface area (Å²) in [5.41, 5.74) is 1.07. The van der Waals surface area contributed by atoms with E-state index < -0.39 is 0 Å². The van der Waals surface area contributed by atoms with E-state index in [1.54, 1.807) is 21.7 Å². The Kier molecular flexibility index (Phi) is 1.71. The Morgan fingerprint density at radius 3 is 3.00 bits per heavy atom. The van der Waals surface area contributed by atoms with Gasteiger partial charge in [-0.15, -0.1) is 0 Å². The molecule has 0 radical (unpaired) electrons. The van der Waals surface area contributed by atoms with Crippen molar-refractivity contribution < 1.29 is 0 Å². The largest absolute Gasteiger partial charge is 0.310 e. The molecule has 0 fully saturated rings. The first-order valence-electron chi connectivity index (χ1n) is 3.96. The second-order valence-corrected chi connectivity index (χ2v) is 2.98. The highest BCUT2D eigenvalue weighted by atomic mass is 16.1. The topological polar surface area (TPSA) is 51.3 Å². The fraction of sp³-hybridized carbons (Fsp3) is 0.375. The molecule has 2 heterocycles. The molecule has 2 N–H and O–H groups in total. The first-order valence-corrected chi connectivity index (χ1v) is 3.96. The van der Waals surface area contributed by atoms with Gasteiger partial charge < -0.3 is 4.57 Å². The Hall–Kier alpha value is -1.13. The van der Waals surface area contributed by atoms with Crippen molar-refractivity contribution in [3.05, 3.63) is 34.2 Å². The molecule has 0 unspecified atom stereocenters. The van der Waals surface area contributed by atoms with Gasteiger partial charge in [0.05, 0.1) is 6.54 Å². The highest BCUT2D eigenvalue weighted by Gasteiger charge is 2.12. The molecule has 0 aromatic carbocycles. The molecular weight excluding hydrogens is 154 g/mol. The maximum atomic E-state index is 11.3. The highest BCUT2D eigenvalue weighted by molar-refractivity contribution is 5.08. The van der Waals surface area contributed by atoms with E-state index in [2.05, 4.69) is 0 Å². The van der Waals surface area contributed by atoms with Gasteiger partial charge in [-0.25, -0.2) is 5.01 Å². The molecule has 0 atom stereocenters. The average Bonchev–Trinajstić information content (AvgIpc) is 2.04. The molecule has 1 aromatic rings. The second kappa shape index (κ2) is 2.73. The summed E-state index contributed by atoms with van der Waals surface area (Å²) in [5, 5.41) is 1.72. The minimum Gasteiger partial charge on any atom is -0.310 e. The lowest BCUT2D eigenvalue weighted by atomic mass is 10.3. The number of hydrogen-bond donors (Lipinski definition) is 1. The minimum atomic E-state index is 0.0700. The Balaban J connectivity index is 2.49. The standard InChI is InChI=1S/C8H11N3O/c9-10-4-5-11-7(6-10)2-1-3-8(11)12/h1-3H,4-6,9H2. The summed E-state index contributed by atoms with van der Waals surface area (Å²) in [4.78, 5) is 11.3. The lowest BCUT2D eigenvalue weighted by Crippen LogP contribution is -2.42. The molecule has 0 bridgehead atoms. The molecule has 0 saturated heterocycles. The average molecular weight is 165 g/mol. The van der Waals surface area contributed by atoms with Crippen LogP contribution in [-0.4, -0.2) is 16.1 Å². The zero-order chi connectivity index (χ0) is 8.55. The Morgan fingerprint density at radius 2 is 2.17 bits per heavy atom. The van der Waals surface area contributed by atoms with E-state index in [-0.39, 0.29) is 5.56 Å². The summed E-state index contributed by atoms with van der Waals surface area (Å²) in [6.07, 6.45) is 0. The molecule has 0 spiro atoms. The van der Waals surface area contributed by atoms with Crippen molar-refractivity contribution in [3.63, 3.8) is 0 Å². The SMILES string of the molecule is NN1CCn2c(cccc2=O)C1. The Bertz CT molecular complexity index is 344. The smallest absolute Gasteiger partial charge is 0.250 e. The molecule has 64 valence electrons. The summed E-state index contributed by atoms with van der Waals surface area (Å²) >= 11 is 0. The second-order valence-electron chi connectivity index (χ2n) is 2.98. The van der Waals surface area contributed by atoms with E-state index in [4.69, 9.17) is 5.84 Å². The van der Waals surface area contributed by atoms with Gasteiger partial charge in [0, 0.05) is 24.8 Å². The zero-order valence-electron chi connectivity index (χ0n) is 6.73. The third-order valence-electron chi connectivity index (χ3n) is 2.12. The fourth-order valence-electron chi connectivity index (χ4n) is 1.47. The van der Waals surface area contributed by atoms with Crippen molar-refractivity contribution in [2.24, 2.45) is 5.84 Å². The van der Waals surface area contributed by atoms with Crippen LogP contribution in [0.3, 0.4) is 0 Å². The van der Waals surface area contributed by atoms with Crippen LogP contribution in [-0.2, 0) is 13.1 Å². The van der Waals surface area contributed by atoms with E-state index >= 15 is 0 Å². The molecular formula is C8H11N3O. The van der Waals surface area contributed by atoms with Gasteiger partial charge in [0.15, 0.2) is 0 Å². The van der Waals surface area contributed by atoms with Crippen LogP contribution in [0.5, 0.6) is 0 Å². The molecule has 4 nitrogen and oxygen atoms in total. The number of aromatic nitrogens is 1. The highest BCUT2D eigenvalue weighted by Crippen LogP contribution is 2.04. The van der Waals surface area contributed by atoms with Gasteiger partial charge in [-0.3, -0.25) is 10.6 Å². The Labute approximate surface area is 70.2 Å². The predicted molar refractivity (Wildman–Crippen MR) is 45.3 cm³/mol. The van der Waals surface area contributed by atoms with E-state index in [1.807, 2.05) is 6.07 Å². The van der Waals surface area contributed by atoms with Gasteiger partial charge in [0.2, 0.25) is 0 Å². The maximum Gasteiger partial charge on any atom is 0.250 e. The molecule has 0 saturated carbocycles. The minimum absolute atomic E-state index is 0.0700. The van der Waals surface area contributed by atoms with Crippen molar-refractivity contribution in [2.45, 2.75) is 13.1 Å². The number of pyridine rings is 1. The molecule has 12 heavy (non-hydrogen) atoms. The number of nitrogens with two attached hydrogens (primary N) is 1. The molecule has 1 aliphatic heterocycles. The first kappa shape index (κ1) is 7.52. The van der Waals surface area contributed by atoms with Crippen LogP contribution in [0.2, 0.25) is 0 Å². The molecule has 4 heteroatoms. The van der Waals surface area contributed by atoms with Gasteiger partial charge in [-0.1, -0.05) is 6.07 Å². The number of fused-ring (bicyclic) bond motifs is 1. The van der Waals surface area contributed by atoms with Gasteiger partial charge >= 0.3 is 0 Å². The van der Waals surface area contributed by atoms with Crippen molar-refractivity contribution in [1.29, 1.82) is 0 Å². The number of hydrogen-bond acceptors (Lipinski definition) is 3. The lowest BCUT2D eigenvalue weighted by Gasteiger charge is -2.25. The summed E-state index contributed by atoms with van der Waals surface area (Å²) in [7, 11) is 0. The van der Waals surface area contributed by atoms with Crippen LogP contribution < -0.4 is 11.4 Å². The number of rotatable bonds is 0. The summed E-state index contributed by atoms with van der Waals surface area (Å²) < 4.78 is 1.77. The van der Waals surface area contributed by atoms with Crippen LogP contribution in [0.15, 0.2) is 23.0 Å². The monoisotopic (exact) mass is 165 g/mol. The number of hydrazine groups is 1. The lowest BCUT2D eigenvalue weighted by molar-refractivity contribution is 0.223. The molecule has 1 aromatic heterocycles. The van der Waals surface area contributed by atoms with Crippen LogP contribution >= 0.6 is 0 Å². The van der Waals surface area contributed by atoms with Crippen molar-refractivity contribution >= 4 is 0 Å². The zero-order valence-corrected chi connectivity index (χ0v) is 6.73. The third-order valence-corrected chi connectivity index (χ3v) is 2.12. The van der Waals surface area contributed by atoms with Gasteiger partial charge in [0.1, 0.15) is 0 Å². The van der Waals surface area contributed by atoms with Crippen LogP contribution in [0, 0.1) is 0 Å². The van der Waals surface area contributed by atoms with Crippen molar-refractivity contribution in [1.82, 2.24) is 9.58 Å². The van der Waals surface area contributed by atoms with Crippen molar-refractivity contribution in [2.75, 3.05) is 6.54 Å². The van der Waals surface area contributed by atoms with E-state index in [0.717, 1.165) is 12.2 Å². The maximum absolute atomic E-state index is 11.3. The fourth-order valence-corrected chi connectivity index (χ4v) is 1.47. The summed E-state index contributed by atoms with van der Waals surface area (Å²) in [5.74, 6) is 5.62. The summed E-state index contributed by atoms with van der Waals surface area (Å²) in [6, 6.07) is 5.28. The third kappa shape index (κ3) is 1.15. The predicted octanol–water partition coefficient (Wildman–Crippen LogP) is -0.462. The molecule has 0 aliphatic carbocycles. The van der Waals surface area contributed by atoms with Crippen molar-refractivity contribution in [3.8, 4) is 0 Å². The van der Waals surface area contributed by atoms with E-state index in [1.165, 1.54) is 0 Å². The molecule has 1 aliphatic rings. The molecule has 2 rings (SSSR count). The Morgan fingerprint density at radius 1 is 1.33 bits per heavy atom. The van der Waals surface area contributed by atoms with E-state index in [0.29, 0.717) is 13.1 Å². The summed E-state index contributed by atoms with van der Waals surface area (Å²) in [6.45, 7) is 2.11.